The summed E-state index contributed by atoms with van der Waals surface area (Å²) >= 11 is 3.33. The summed E-state index contributed by atoms with van der Waals surface area (Å²) in [5, 5.41) is 12.9. The van der Waals surface area contributed by atoms with Gasteiger partial charge >= 0.3 is 0 Å². The number of hydrogen-bond acceptors (Lipinski definition) is 6. The highest BCUT2D eigenvalue weighted by Crippen LogP contribution is 2.32. The Kier molecular flexibility index (Phi) is 5.73. The summed E-state index contributed by atoms with van der Waals surface area (Å²) in [7, 11) is 1.67. The van der Waals surface area contributed by atoms with E-state index >= 15 is 0 Å². The molecule has 28 heavy (non-hydrogen) atoms. The van der Waals surface area contributed by atoms with E-state index in [2.05, 4.69) is 39.2 Å². The summed E-state index contributed by atoms with van der Waals surface area (Å²) in [6, 6.07) is 18.2. The van der Waals surface area contributed by atoms with E-state index in [-0.39, 0.29) is 0 Å². The van der Waals surface area contributed by atoms with E-state index in [0.29, 0.717) is 0 Å². The third kappa shape index (κ3) is 3.81. The lowest BCUT2D eigenvalue weighted by Gasteiger charge is -2.10. The van der Waals surface area contributed by atoms with Crippen molar-refractivity contribution in [3.63, 3.8) is 0 Å². The van der Waals surface area contributed by atoms with E-state index in [4.69, 9.17) is 9.72 Å². The molecule has 142 valence electrons. The maximum atomic E-state index is 5.49. The number of para-hydroxylation sites is 1. The van der Waals surface area contributed by atoms with Crippen LogP contribution in [0.2, 0.25) is 0 Å². The van der Waals surface area contributed by atoms with Gasteiger partial charge in [0.1, 0.15) is 10.8 Å². The quantitative estimate of drug-likeness (QED) is 0.384. The second kappa shape index (κ2) is 8.58. The molecule has 0 saturated carbocycles. The standard InChI is InChI=1S/C21H20N4OS2/c1-3-25-19(17-11-7-8-12-18(17)26-2)23-24-21(25)28-14-16-13-27-20(22-16)15-9-5-4-6-10-15/h4-13H,3,14H2,1-2H3. The number of methoxy groups -OCH3 is 1. The molecule has 0 radical (unpaired) electrons. The smallest absolute Gasteiger partial charge is 0.191 e. The van der Waals surface area contributed by atoms with Crippen molar-refractivity contribution in [1.82, 2.24) is 19.7 Å². The van der Waals surface area contributed by atoms with E-state index in [9.17, 15) is 0 Å². The minimum absolute atomic E-state index is 0.757. The third-order valence-electron chi connectivity index (χ3n) is 4.30. The van der Waals surface area contributed by atoms with E-state index in [1.807, 2.05) is 42.5 Å². The molecule has 0 bridgehead atoms. The molecular formula is C21H20N4OS2. The summed E-state index contributed by atoms with van der Waals surface area (Å²) < 4.78 is 7.60. The normalized spacial score (nSPS) is 10.9. The van der Waals surface area contributed by atoms with Crippen molar-refractivity contribution in [1.29, 1.82) is 0 Å². The number of thiazole rings is 1. The number of aromatic nitrogens is 4. The second-order valence-corrected chi connectivity index (χ2v) is 7.85. The fourth-order valence-electron chi connectivity index (χ4n) is 2.93. The Labute approximate surface area is 172 Å². The molecule has 0 saturated heterocycles. The maximum absolute atomic E-state index is 5.49. The van der Waals surface area contributed by atoms with Crippen molar-refractivity contribution in [2.45, 2.75) is 24.4 Å². The van der Waals surface area contributed by atoms with Gasteiger partial charge in [-0.05, 0) is 19.1 Å². The minimum Gasteiger partial charge on any atom is -0.496 e. The molecule has 0 spiro atoms. The SMILES string of the molecule is CCn1c(SCc2csc(-c3ccccc3)n2)nnc1-c1ccccc1OC. The van der Waals surface area contributed by atoms with E-state index in [0.717, 1.165) is 50.9 Å². The highest BCUT2D eigenvalue weighted by Gasteiger charge is 2.17. The van der Waals surface area contributed by atoms with Crippen LogP contribution in [0.3, 0.4) is 0 Å². The predicted octanol–water partition coefficient (Wildman–Crippen LogP) is 5.39. The summed E-state index contributed by atoms with van der Waals surface area (Å²) in [5.74, 6) is 2.38. The van der Waals surface area contributed by atoms with Gasteiger partial charge in [0.25, 0.3) is 0 Å². The largest absolute Gasteiger partial charge is 0.496 e. The molecule has 0 aliphatic carbocycles. The van der Waals surface area contributed by atoms with E-state index in [1.54, 1.807) is 30.2 Å². The topological polar surface area (TPSA) is 52.8 Å². The summed E-state index contributed by atoms with van der Waals surface area (Å²) in [6.07, 6.45) is 0. The Hall–Kier alpha value is -2.64. The van der Waals surface area contributed by atoms with E-state index < -0.39 is 0 Å². The molecule has 2 aromatic heterocycles. The Morgan fingerprint density at radius 2 is 1.82 bits per heavy atom. The molecule has 0 unspecified atom stereocenters. The third-order valence-corrected chi connectivity index (χ3v) is 6.24. The first kappa shape index (κ1) is 18.7. The lowest BCUT2D eigenvalue weighted by molar-refractivity contribution is 0.416. The van der Waals surface area contributed by atoms with Crippen LogP contribution in [-0.2, 0) is 12.3 Å². The zero-order valence-electron chi connectivity index (χ0n) is 15.7. The number of rotatable bonds is 7. The van der Waals surface area contributed by atoms with Gasteiger partial charge in [0, 0.05) is 23.2 Å². The van der Waals surface area contributed by atoms with Crippen LogP contribution in [0.1, 0.15) is 12.6 Å². The van der Waals surface area contributed by atoms with Crippen LogP contribution in [0.25, 0.3) is 22.0 Å². The molecule has 0 fully saturated rings. The van der Waals surface area contributed by atoms with Gasteiger partial charge in [-0.2, -0.15) is 0 Å². The van der Waals surface area contributed by atoms with Crippen molar-refractivity contribution in [3.05, 3.63) is 65.7 Å². The van der Waals surface area contributed by atoms with Gasteiger partial charge in [-0.15, -0.1) is 21.5 Å². The lowest BCUT2D eigenvalue weighted by Crippen LogP contribution is -2.01. The molecule has 0 N–H and O–H groups in total. The van der Waals surface area contributed by atoms with Gasteiger partial charge in [0.05, 0.1) is 18.4 Å². The van der Waals surface area contributed by atoms with Gasteiger partial charge in [-0.25, -0.2) is 4.98 Å². The molecule has 0 amide bonds. The van der Waals surface area contributed by atoms with Crippen molar-refractivity contribution in [2.75, 3.05) is 7.11 Å². The Morgan fingerprint density at radius 1 is 1.04 bits per heavy atom. The minimum atomic E-state index is 0.757. The molecule has 5 nitrogen and oxygen atoms in total. The average Bonchev–Trinajstić information content (AvgIpc) is 3.39. The van der Waals surface area contributed by atoms with Crippen LogP contribution in [0.15, 0.2) is 65.1 Å². The molecule has 4 rings (SSSR count). The van der Waals surface area contributed by atoms with Crippen LogP contribution in [-0.4, -0.2) is 26.9 Å². The predicted molar refractivity (Wildman–Crippen MR) is 115 cm³/mol. The fraction of sp³-hybridized carbons (Fsp3) is 0.190. The summed E-state index contributed by atoms with van der Waals surface area (Å²) in [6.45, 7) is 2.89. The van der Waals surface area contributed by atoms with Gasteiger partial charge in [-0.1, -0.05) is 54.2 Å². The van der Waals surface area contributed by atoms with Crippen molar-refractivity contribution in [2.24, 2.45) is 0 Å². The second-order valence-electron chi connectivity index (χ2n) is 6.05. The van der Waals surface area contributed by atoms with Gasteiger partial charge < -0.3 is 9.30 Å². The van der Waals surface area contributed by atoms with Crippen LogP contribution in [0, 0.1) is 0 Å². The maximum Gasteiger partial charge on any atom is 0.191 e. The number of nitrogens with zero attached hydrogens (tertiary/aromatic N) is 4. The monoisotopic (exact) mass is 408 g/mol. The first-order chi connectivity index (χ1) is 13.8. The first-order valence-electron chi connectivity index (χ1n) is 8.99. The molecule has 0 aliphatic rings. The van der Waals surface area contributed by atoms with Gasteiger partial charge in [0.15, 0.2) is 11.0 Å². The highest BCUT2D eigenvalue weighted by atomic mass is 32.2. The van der Waals surface area contributed by atoms with Crippen molar-refractivity contribution in [3.8, 4) is 27.7 Å². The fourth-order valence-corrected chi connectivity index (χ4v) is 4.76. The Bertz CT molecular complexity index is 1060. The van der Waals surface area contributed by atoms with E-state index in [1.165, 1.54) is 0 Å². The highest BCUT2D eigenvalue weighted by molar-refractivity contribution is 7.98. The van der Waals surface area contributed by atoms with Crippen LogP contribution in [0.5, 0.6) is 5.75 Å². The molecule has 4 aromatic rings. The van der Waals surface area contributed by atoms with Crippen molar-refractivity contribution >= 4 is 23.1 Å². The number of hydrogen-bond donors (Lipinski definition) is 0. The lowest BCUT2D eigenvalue weighted by atomic mass is 10.2. The summed E-state index contributed by atoms with van der Waals surface area (Å²) in [5.41, 5.74) is 3.16. The Morgan fingerprint density at radius 3 is 2.61 bits per heavy atom. The van der Waals surface area contributed by atoms with Gasteiger partial charge in [0.2, 0.25) is 0 Å². The number of thioether (sulfide) groups is 1. The molecular weight excluding hydrogens is 388 g/mol. The average molecular weight is 409 g/mol. The molecule has 2 heterocycles. The van der Waals surface area contributed by atoms with Crippen molar-refractivity contribution < 1.29 is 4.74 Å². The molecule has 0 atom stereocenters. The molecule has 0 aliphatic heterocycles. The number of ether oxygens (including phenoxy) is 1. The summed E-state index contributed by atoms with van der Waals surface area (Å²) in [4.78, 5) is 4.76. The molecule has 2 aromatic carbocycles. The Balaban J connectivity index is 1.53. The zero-order valence-corrected chi connectivity index (χ0v) is 17.3. The number of benzene rings is 2. The molecule has 7 heteroatoms. The van der Waals surface area contributed by atoms with Gasteiger partial charge in [-0.3, -0.25) is 0 Å². The zero-order chi connectivity index (χ0) is 19.3. The van der Waals surface area contributed by atoms with Crippen LogP contribution >= 0.6 is 23.1 Å². The van der Waals surface area contributed by atoms with Crippen LogP contribution in [0.4, 0.5) is 0 Å². The van der Waals surface area contributed by atoms with Crippen LogP contribution < -0.4 is 4.74 Å². The first-order valence-corrected chi connectivity index (χ1v) is 10.9.